The number of alkyl halides is 1. The van der Waals surface area contributed by atoms with Gasteiger partial charge in [0.05, 0.1) is 17.2 Å². The first-order valence-electron chi connectivity index (χ1n) is 7.63. The molecule has 4 rings (SSSR count). The second-order valence-electron chi connectivity index (χ2n) is 5.94. The van der Waals surface area contributed by atoms with Crippen LogP contribution in [0.3, 0.4) is 0 Å². The molecular weight excluding hydrogens is 293 g/mol. The number of nitrogens with zero attached hydrogens (tertiary/aromatic N) is 2. The molecule has 4 nitrogen and oxygen atoms in total. The topological polar surface area (TPSA) is 46.9 Å². The van der Waals surface area contributed by atoms with Crippen molar-refractivity contribution in [2.75, 3.05) is 5.32 Å². The number of nitrogens with one attached hydrogen (secondary N) is 1. The van der Waals surface area contributed by atoms with Crippen molar-refractivity contribution < 1.29 is 4.39 Å². The van der Waals surface area contributed by atoms with Crippen LogP contribution < -0.4 is 11.0 Å². The van der Waals surface area contributed by atoms with Gasteiger partial charge in [-0.2, -0.15) is 4.98 Å². The van der Waals surface area contributed by atoms with Crippen LogP contribution in [0.2, 0.25) is 0 Å². The average molecular weight is 309 g/mol. The Morgan fingerprint density at radius 1 is 1.22 bits per heavy atom. The maximum atomic E-state index is 13.2. The molecule has 1 aliphatic carbocycles. The summed E-state index contributed by atoms with van der Waals surface area (Å²) in [6.45, 7) is 1.98. The van der Waals surface area contributed by atoms with Gasteiger partial charge < -0.3 is 5.32 Å². The van der Waals surface area contributed by atoms with Crippen molar-refractivity contribution in [2.24, 2.45) is 0 Å². The van der Waals surface area contributed by atoms with Gasteiger partial charge in [-0.3, -0.25) is 4.57 Å². The first-order valence-corrected chi connectivity index (χ1v) is 7.63. The van der Waals surface area contributed by atoms with Crippen LogP contribution >= 0.6 is 0 Å². The van der Waals surface area contributed by atoms with Gasteiger partial charge in [-0.05, 0) is 36.8 Å². The van der Waals surface area contributed by atoms with Gasteiger partial charge in [-0.15, -0.1) is 0 Å². The van der Waals surface area contributed by atoms with Crippen molar-refractivity contribution in [2.45, 2.75) is 25.6 Å². The summed E-state index contributed by atoms with van der Waals surface area (Å²) in [5, 5.41) is 3.87. The third kappa shape index (κ3) is 2.48. The van der Waals surface area contributed by atoms with Crippen LogP contribution in [-0.2, 0) is 0 Å². The normalized spacial score (nSPS) is 19.7. The Labute approximate surface area is 132 Å². The van der Waals surface area contributed by atoms with E-state index in [2.05, 4.69) is 10.3 Å². The second kappa shape index (κ2) is 5.19. The number of aryl methyl sites for hydroxylation is 1. The third-order valence-corrected chi connectivity index (χ3v) is 4.10. The van der Waals surface area contributed by atoms with Crippen LogP contribution in [-0.4, -0.2) is 21.8 Å². The molecule has 0 radical (unpaired) electrons. The van der Waals surface area contributed by atoms with Gasteiger partial charge in [0, 0.05) is 11.8 Å². The quantitative estimate of drug-likeness (QED) is 0.808. The Morgan fingerprint density at radius 2 is 1.96 bits per heavy atom. The number of aromatic nitrogens is 2. The molecule has 23 heavy (non-hydrogen) atoms. The lowest BCUT2D eigenvalue weighted by Crippen LogP contribution is -2.24. The van der Waals surface area contributed by atoms with Crippen molar-refractivity contribution in [1.29, 1.82) is 0 Å². The molecule has 1 saturated carbocycles. The van der Waals surface area contributed by atoms with E-state index in [9.17, 15) is 9.18 Å². The predicted molar refractivity (Wildman–Crippen MR) is 89.0 cm³/mol. The molecule has 0 spiro atoms. The maximum absolute atomic E-state index is 13.2. The summed E-state index contributed by atoms with van der Waals surface area (Å²) in [5.74, 6) is 0.460. The van der Waals surface area contributed by atoms with E-state index < -0.39 is 6.17 Å². The number of para-hydroxylation sites is 1. The van der Waals surface area contributed by atoms with Crippen molar-refractivity contribution in [3.63, 3.8) is 0 Å². The van der Waals surface area contributed by atoms with E-state index in [1.165, 1.54) is 0 Å². The van der Waals surface area contributed by atoms with Gasteiger partial charge in [0.15, 0.2) is 0 Å². The minimum atomic E-state index is -0.853. The lowest BCUT2D eigenvalue weighted by molar-refractivity contribution is 0.472. The fourth-order valence-electron chi connectivity index (χ4n) is 2.76. The van der Waals surface area contributed by atoms with Gasteiger partial charge in [0.25, 0.3) is 0 Å². The molecule has 116 valence electrons. The van der Waals surface area contributed by atoms with Gasteiger partial charge in [0.2, 0.25) is 0 Å². The lowest BCUT2D eigenvalue weighted by atomic mass is 10.1. The zero-order valence-electron chi connectivity index (χ0n) is 12.7. The van der Waals surface area contributed by atoms with Crippen molar-refractivity contribution >= 4 is 16.7 Å². The van der Waals surface area contributed by atoms with Gasteiger partial charge >= 0.3 is 5.69 Å². The van der Waals surface area contributed by atoms with E-state index in [1.54, 1.807) is 4.57 Å². The molecule has 3 aromatic rings. The zero-order valence-corrected chi connectivity index (χ0v) is 12.7. The second-order valence-corrected chi connectivity index (χ2v) is 5.94. The van der Waals surface area contributed by atoms with Crippen LogP contribution in [0.1, 0.15) is 12.0 Å². The number of benzene rings is 2. The molecule has 1 N–H and O–H groups in total. The van der Waals surface area contributed by atoms with Crippen LogP contribution in [0.25, 0.3) is 16.6 Å². The van der Waals surface area contributed by atoms with Crippen molar-refractivity contribution in [3.8, 4) is 5.69 Å². The molecule has 5 heteroatoms. The molecule has 0 saturated heterocycles. The van der Waals surface area contributed by atoms with E-state index >= 15 is 0 Å². The lowest BCUT2D eigenvalue weighted by Gasteiger charge is -2.14. The van der Waals surface area contributed by atoms with E-state index in [0.29, 0.717) is 12.2 Å². The molecule has 1 aliphatic rings. The molecule has 1 aromatic heterocycles. The minimum absolute atomic E-state index is 0.237. The fourth-order valence-corrected chi connectivity index (χ4v) is 2.76. The number of hydrogen-bond acceptors (Lipinski definition) is 3. The van der Waals surface area contributed by atoms with Crippen LogP contribution in [0.4, 0.5) is 10.2 Å². The summed E-state index contributed by atoms with van der Waals surface area (Å²) in [6.07, 6.45) is -0.384. The summed E-state index contributed by atoms with van der Waals surface area (Å²) in [6, 6.07) is 15.0. The van der Waals surface area contributed by atoms with E-state index in [0.717, 1.165) is 22.2 Å². The first kappa shape index (κ1) is 13.9. The third-order valence-electron chi connectivity index (χ3n) is 4.10. The number of hydrogen-bond donors (Lipinski definition) is 1. The molecular formula is C18H16FN3O. The Kier molecular flexibility index (Phi) is 3.15. The van der Waals surface area contributed by atoms with Crippen molar-refractivity contribution in [1.82, 2.24) is 9.55 Å². The molecule has 0 bridgehead atoms. The number of anilines is 1. The van der Waals surface area contributed by atoms with E-state index in [-0.39, 0.29) is 11.7 Å². The SMILES string of the molecule is Cc1ccc2c(N[C@H]3C[C@H]3F)nc(=O)n(-c3ccccc3)c2c1. The van der Waals surface area contributed by atoms with Crippen LogP contribution in [0, 0.1) is 6.92 Å². The Morgan fingerprint density at radius 3 is 2.65 bits per heavy atom. The molecule has 0 amide bonds. The van der Waals surface area contributed by atoms with Gasteiger partial charge in [-0.25, -0.2) is 9.18 Å². The molecule has 0 unspecified atom stereocenters. The Balaban J connectivity index is 1.97. The van der Waals surface area contributed by atoms with Gasteiger partial charge in [0.1, 0.15) is 12.0 Å². The monoisotopic (exact) mass is 309 g/mol. The van der Waals surface area contributed by atoms with Gasteiger partial charge in [-0.1, -0.05) is 24.3 Å². The average Bonchev–Trinajstić information content (AvgIpc) is 3.23. The standard InChI is InChI=1S/C18H16FN3O/c1-11-7-8-13-16(9-11)22(12-5-3-2-4-6-12)18(23)21-17(13)20-15-10-14(15)19/h2-9,14-15H,10H2,1H3,(H,20,21,23)/t14-,15+/m1/s1. The molecule has 0 aliphatic heterocycles. The smallest absolute Gasteiger partial charge is 0.354 e. The fraction of sp³-hybridized carbons (Fsp3) is 0.222. The molecule has 1 fully saturated rings. The summed E-state index contributed by atoms with van der Waals surface area (Å²) in [5.41, 5.74) is 2.22. The Hall–Kier alpha value is -2.69. The van der Waals surface area contributed by atoms with Crippen LogP contribution in [0.5, 0.6) is 0 Å². The maximum Gasteiger partial charge on any atom is 0.354 e. The molecule has 1 heterocycles. The highest BCUT2D eigenvalue weighted by molar-refractivity contribution is 5.91. The van der Waals surface area contributed by atoms with E-state index in [4.69, 9.17) is 0 Å². The highest BCUT2D eigenvalue weighted by Crippen LogP contribution is 2.31. The van der Waals surface area contributed by atoms with Crippen LogP contribution in [0.15, 0.2) is 53.3 Å². The molecule has 2 aromatic carbocycles. The highest BCUT2D eigenvalue weighted by Gasteiger charge is 2.38. The number of rotatable bonds is 3. The summed E-state index contributed by atoms with van der Waals surface area (Å²) in [4.78, 5) is 16.7. The largest absolute Gasteiger partial charge is 0.364 e. The zero-order chi connectivity index (χ0) is 16.0. The summed E-state index contributed by atoms with van der Waals surface area (Å²) < 4.78 is 14.8. The van der Waals surface area contributed by atoms with Crippen molar-refractivity contribution in [3.05, 3.63) is 64.6 Å². The van der Waals surface area contributed by atoms with E-state index in [1.807, 2.05) is 55.5 Å². The summed E-state index contributed by atoms with van der Waals surface area (Å²) in [7, 11) is 0. The summed E-state index contributed by atoms with van der Waals surface area (Å²) >= 11 is 0. The number of fused-ring (bicyclic) bond motifs is 1. The Bertz CT molecular complexity index is 936. The first-order chi connectivity index (χ1) is 11.1. The predicted octanol–water partition coefficient (Wildman–Crippen LogP) is 3.22. The minimum Gasteiger partial charge on any atom is -0.364 e. The highest BCUT2D eigenvalue weighted by atomic mass is 19.1. The number of halogens is 1. The molecule has 2 atom stereocenters.